The summed E-state index contributed by atoms with van der Waals surface area (Å²) in [5.74, 6) is 0. The van der Waals surface area contributed by atoms with Crippen LogP contribution in [0.4, 0.5) is 0 Å². The fraction of sp³-hybridized carbons (Fsp3) is 0. The molecular formula is C14H9Li. The summed E-state index contributed by atoms with van der Waals surface area (Å²) in [5, 5.41) is 5.37. The van der Waals surface area contributed by atoms with Gasteiger partial charge < -0.3 is 0 Å². The second-order valence-electron chi connectivity index (χ2n) is 3.94. The molecule has 0 amide bonds. The summed E-state index contributed by atoms with van der Waals surface area (Å²) in [6.07, 6.45) is 0. The first-order valence-corrected chi connectivity index (χ1v) is 5.23. The van der Waals surface area contributed by atoms with Crippen molar-refractivity contribution in [2.24, 2.45) is 0 Å². The molecule has 0 nitrogen and oxygen atoms in total. The van der Waals surface area contributed by atoms with Gasteiger partial charge in [-0.1, -0.05) is 0 Å². The Morgan fingerprint density at radius 1 is 0.667 bits per heavy atom. The summed E-state index contributed by atoms with van der Waals surface area (Å²) in [6.45, 7) is 0. The van der Waals surface area contributed by atoms with Crippen LogP contribution in [0.25, 0.3) is 21.5 Å². The molecule has 0 atom stereocenters. The fourth-order valence-corrected chi connectivity index (χ4v) is 2.24. The summed E-state index contributed by atoms with van der Waals surface area (Å²) < 4.78 is 1.38. The topological polar surface area (TPSA) is 0 Å². The van der Waals surface area contributed by atoms with E-state index >= 15 is 0 Å². The number of hydrogen-bond acceptors (Lipinski definition) is 0. The molecule has 0 fully saturated rings. The fourth-order valence-electron chi connectivity index (χ4n) is 2.24. The molecule has 3 aromatic rings. The van der Waals surface area contributed by atoms with Crippen molar-refractivity contribution >= 4 is 43.5 Å². The van der Waals surface area contributed by atoms with E-state index in [4.69, 9.17) is 0 Å². The molecule has 66 valence electrons. The van der Waals surface area contributed by atoms with Crippen molar-refractivity contribution in [2.45, 2.75) is 0 Å². The van der Waals surface area contributed by atoms with Crippen molar-refractivity contribution in [2.75, 3.05) is 0 Å². The van der Waals surface area contributed by atoms with Gasteiger partial charge in [0.15, 0.2) is 0 Å². The van der Waals surface area contributed by atoms with Crippen LogP contribution in [0.2, 0.25) is 0 Å². The van der Waals surface area contributed by atoms with Gasteiger partial charge in [0, 0.05) is 0 Å². The van der Waals surface area contributed by atoms with Crippen molar-refractivity contribution in [3.63, 3.8) is 0 Å². The van der Waals surface area contributed by atoms with E-state index in [2.05, 4.69) is 72.3 Å². The number of fused-ring (bicyclic) bond motifs is 2. The van der Waals surface area contributed by atoms with Crippen LogP contribution in [-0.2, 0) is 0 Å². The van der Waals surface area contributed by atoms with E-state index in [1.54, 1.807) is 0 Å². The van der Waals surface area contributed by atoms with Crippen molar-refractivity contribution < 1.29 is 0 Å². The molecule has 0 N–H and O–H groups in total. The minimum atomic E-state index is 1.33. The zero-order valence-corrected chi connectivity index (χ0v) is 8.70. The molecule has 3 aromatic carbocycles. The van der Waals surface area contributed by atoms with Gasteiger partial charge in [-0.25, -0.2) is 0 Å². The van der Waals surface area contributed by atoms with E-state index in [1.807, 2.05) is 0 Å². The van der Waals surface area contributed by atoms with Gasteiger partial charge in [0.25, 0.3) is 0 Å². The Balaban J connectivity index is 2.60. The molecule has 0 aliphatic carbocycles. The normalized spacial score (nSPS) is 11.1. The second-order valence-corrected chi connectivity index (χ2v) is 3.94. The Kier molecular flexibility index (Phi) is 2.06. The molecule has 0 aliphatic rings. The SMILES string of the molecule is [Li][c]1c2ccccc2cc2ccccc12. The van der Waals surface area contributed by atoms with Crippen molar-refractivity contribution in [1.82, 2.24) is 0 Å². The Hall–Kier alpha value is -1.22. The molecule has 0 saturated carbocycles. The summed E-state index contributed by atoms with van der Waals surface area (Å²) in [4.78, 5) is 0. The van der Waals surface area contributed by atoms with E-state index in [-0.39, 0.29) is 0 Å². The first-order chi connectivity index (χ1) is 7.36. The molecule has 15 heavy (non-hydrogen) atoms. The van der Waals surface area contributed by atoms with Crippen LogP contribution in [0.5, 0.6) is 0 Å². The summed E-state index contributed by atoms with van der Waals surface area (Å²) in [5.41, 5.74) is 0. The molecular weight excluding hydrogens is 175 g/mol. The predicted molar refractivity (Wildman–Crippen MR) is 66.8 cm³/mol. The molecule has 0 aliphatic heterocycles. The molecule has 0 aromatic heterocycles. The van der Waals surface area contributed by atoms with Gasteiger partial charge in [0.05, 0.1) is 0 Å². The number of hydrogen-bond donors (Lipinski definition) is 0. The Labute approximate surface area is 98.1 Å². The zero-order chi connectivity index (χ0) is 10.3. The molecule has 0 radical (unpaired) electrons. The van der Waals surface area contributed by atoms with Crippen molar-refractivity contribution in [1.29, 1.82) is 0 Å². The van der Waals surface area contributed by atoms with Crippen molar-refractivity contribution in [3.05, 3.63) is 54.6 Å². The Morgan fingerprint density at radius 3 is 1.67 bits per heavy atom. The van der Waals surface area contributed by atoms with Crippen LogP contribution < -0.4 is 4.24 Å². The monoisotopic (exact) mass is 184 g/mol. The number of rotatable bonds is 0. The summed E-state index contributed by atoms with van der Waals surface area (Å²) in [6, 6.07) is 19.4. The maximum atomic E-state index is 2.26. The molecule has 0 heterocycles. The third kappa shape index (κ3) is 1.38. The summed E-state index contributed by atoms with van der Waals surface area (Å²) in [7, 11) is 0. The standard InChI is InChI=1S/C14H9.Li/c1-2-6-12-10-14-8-4-3-7-13(14)9-11(12)5-1;/h1-9H;. The van der Waals surface area contributed by atoms with E-state index in [0.717, 1.165) is 0 Å². The van der Waals surface area contributed by atoms with Gasteiger partial charge >= 0.3 is 98.1 Å². The van der Waals surface area contributed by atoms with Crippen LogP contribution in [0.15, 0.2) is 54.6 Å². The van der Waals surface area contributed by atoms with Crippen LogP contribution in [0.3, 0.4) is 0 Å². The van der Waals surface area contributed by atoms with Crippen LogP contribution in [0.1, 0.15) is 0 Å². The van der Waals surface area contributed by atoms with E-state index < -0.39 is 0 Å². The molecule has 0 saturated heterocycles. The minimum absolute atomic E-state index is 1.33. The molecule has 0 unspecified atom stereocenters. The van der Waals surface area contributed by atoms with E-state index in [0.29, 0.717) is 0 Å². The van der Waals surface area contributed by atoms with E-state index in [1.165, 1.54) is 25.8 Å². The van der Waals surface area contributed by atoms with Gasteiger partial charge in [0.2, 0.25) is 0 Å². The molecule has 0 bridgehead atoms. The summed E-state index contributed by atoms with van der Waals surface area (Å²) >= 11 is 2.20. The van der Waals surface area contributed by atoms with Gasteiger partial charge in [-0.05, 0) is 0 Å². The zero-order valence-electron chi connectivity index (χ0n) is 8.70. The first-order valence-electron chi connectivity index (χ1n) is 5.23. The van der Waals surface area contributed by atoms with Crippen molar-refractivity contribution in [3.8, 4) is 0 Å². The van der Waals surface area contributed by atoms with Gasteiger partial charge in [-0.2, -0.15) is 0 Å². The van der Waals surface area contributed by atoms with Gasteiger partial charge in [0.1, 0.15) is 0 Å². The quantitative estimate of drug-likeness (QED) is 0.372. The first kappa shape index (κ1) is 9.04. The van der Waals surface area contributed by atoms with Gasteiger partial charge in [-0.15, -0.1) is 0 Å². The molecule has 3 rings (SSSR count). The second kappa shape index (κ2) is 3.42. The maximum absolute atomic E-state index is 2.26. The van der Waals surface area contributed by atoms with Crippen LogP contribution in [0, 0.1) is 0 Å². The van der Waals surface area contributed by atoms with E-state index in [9.17, 15) is 0 Å². The Bertz CT molecular complexity index is 587. The van der Waals surface area contributed by atoms with Crippen LogP contribution in [-0.4, -0.2) is 17.7 Å². The predicted octanol–water partition coefficient (Wildman–Crippen LogP) is 2.79. The molecule has 1 heteroatoms. The third-order valence-corrected chi connectivity index (χ3v) is 3.04. The average Bonchev–Trinajstić information content (AvgIpc) is 2.30. The molecule has 0 spiro atoms. The van der Waals surface area contributed by atoms with Crippen LogP contribution >= 0.6 is 0 Å². The third-order valence-electron chi connectivity index (χ3n) is 3.04. The Morgan fingerprint density at radius 2 is 1.13 bits per heavy atom. The average molecular weight is 184 g/mol. The van der Waals surface area contributed by atoms with Gasteiger partial charge in [-0.3, -0.25) is 0 Å². The number of benzene rings is 3.